The fraction of sp³-hybridized carbons (Fsp3) is 0.103. The second-order valence-electron chi connectivity index (χ2n) is 8.13. The van der Waals surface area contributed by atoms with E-state index in [1.165, 1.54) is 11.1 Å². The van der Waals surface area contributed by atoms with Gasteiger partial charge in [0.1, 0.15) is 0 Å². The third kappa shape index (κ3) is 3.92. The highest BCUT2D eigenvalue weighted by Gasteiger charge is 2.21. The van der Waals surface area contributed by atoms with Crippen LogP contribution in [0.25, 0.3) is 22.2 Å². The van der Waals surface area contributed by atoms with Crippen LogP contribution in [0.15, 0.2) is 97.1 Å². The highest BCUT2D eigenvalue weighted by Crippen LogP contribution is 2.39. The van der Waals surface area contributed by atoms with Gasteiger partial charge in [0.2, 0.25) is 5.95 Å². The van der Waals surface area contributed by atoms with Crippen LogP contribution in [0.1, 0.15) is 11.1 Å². The summed E-state index contributed by atoms with van der Waals surface area (Å²) in [6, 6.07) is 33.3. The first-order valence-corrected chi connectivity index (χ1v) is 11.1. The normalized spacial score (nSPS) is 10.9. The zero-order valence-corrected chi connectivity index (χ0v) is 19.1. The van der Waals surface area contributed by atoms with Crippen molar-refractivity contribution < 1.29 is 0 Å². The molecule has 0 spiro atoms. The van der Waals surface area contributed by atoms with Crippen LogP contribution in [-0.4, -0.2) is 17.0 Å². The van der Waals surface area contributed by atoms with Gasteiger partial charge >= 0.3 is 0 Å². The first kappa shape index (κ1) is 20.7. The zero-order valence-electron chi connectivity index (χ0n) is 19.1. The Labute approximate surface area is 194 Å². The van der Waals surface area contributed by atoms with Crippen LogP contribution >= 0.6 is 0 Å². The third-order valence-electron chi connectivity index (χ3n) is 5.92. The summed E-state index contributed by atoms with van der Waals surface area (Å²) < 4.78 is 0. The molecule has 0 aliphatic heterocycles. The summed E-state index contributed by atoms with van der Waals surface area (Å²) in [7, 11) is 1.93. The van der Waals surface area contributed by atoms with Gasteiger partial charge in [0, 0.05) is 29.4 Å². The maximum atomic E-state index is 5.16. The lowest BCUT2D eigenvalue weighted by atomic mass is 10.1. The van der Waals surface area contributed by atoms with E-state index < -0.39 is 0 Å². The fourth-order valence-corrected chi connectivity index (χ4v) is 4.26. The maximum absolute atomic E-state index is 5.16. The molecule has 4 heteroatoms. The maximum Gasteiger partial charge on any atom is 0.235 e. The molecule has 0 bridgehead atoms. The van der Waals surface area contributed by atoms with E-state index >= 15 is 0 Å². The summed E-state index contributed by atoms with van der Waals surface area (Å²) in [6.45, 7) is 4.27. The molecule has 162 valence electrons. The molecule has 4 aromatic carbocycles. The lowest BCUT2D eigenvalue weighted by Crippen LogP contribution is -2.16. The van der Waals surface area contributed by atoms with Crippen LogP contribution in [0.3, 0.4) is 0 Å². The molecule has 4 nitrogen and oxygen atoms in total. The van der Waals surface area contributed by atoms with Crippen molar-refractivity contribution in [2.45, 2.75) is 13.8 Å². The van der Waals surface area contributed by atoms with Crippen molar-refractivity contribution in [1.29, 1.82) is 0 Å². The molecule has 33 heavy (non-hydrogen) atoms. The summed E-state index contributed by atoms with van der Waals surface area (Å²) in [5.41, 5.74) is 8.46. The topological polar surface area (TPSA) is 41.1 Å². The molecular formula is C29H26N4. The number of fused-ring (bicyclic) bond motifs is 1. The second kappa shape index (κ2) is 8.75. The molecule has 0 radical (unpaired) electrons. The number of rotatable bonds is 5. The molecule has 1 aromatic heterocycles. The number of aryl methyl sites for hydroxylation is 2. The van der Waals surface area contributed by atoms with Crippen LogP contribution in [0, 0.1) is 13.8 Å². The van der Waals surface area contributed by atoms with Gasteiger partial charge in [0.05, 0.1) is 16.9 Å². The van der Waals surface area contributed by atoms with Gasteiger partial charge in [-0.15, -0.1) is 0 Å². The average molecular weight is 431 g/mol. The average Bonchev–Trinajstić information content (AvgIpc) is 2.86. The van der Waals surface area contributed by atoms with E-state index in [0.717, 1.165) is 39.2 Å². The summed E-state index contributed by atoms with van der Waals surface area (Å²) >= 11 is 0. The van der Waals surface area contributed by atoms with E-state index in [2.05, 4.69) is 90.8 Å². The SMILES string of the molecule is CNc1ccc(-c2nc(N(c3ccccc3)c3c(C)cccc3C)nc3ccccc23)cc1. The minimum Gasteiger partial charge on any atom is -0.388 e. The quantitative estimate of drug-likeness (QED) is 0.315. The van der Waals surface area contributed by atoms with Crippen LogP contribution < -0.4 is 10.2 Å². The van der Waals surface area contributed by atoms with Crippen LogP contribution in [0.2, 0.25) is 0 Å². The lowest BCUT2D eigenvalue weighted by molar-refractivity contribution is 1.09. The third-order valence-corrected chi connectivity index (χ3v) is 5.92. The fourth-order valence-electron chi connectivity index (χ4n) is 4.26. The van der Waals surface area contributed by atoms with Crippen molar-refractivity contribution in [3.8, 4) is 11.3 Å². The van der Waals surface area contributed by atoms with E-state index in [0.29, 0.717) is 5.95 Å². The van der Waals surface area contributed by atoms with Crippen molar-refractivity contribution in [3.05, 3.63) is 108 Å². The van der Waals surface area contributed by atoms with E-state index in [-0.39, 0.29) is 0 Å². The largest absolute Gasteiger partial charge is 0.388 e. The van der Waals surface area contributed by atoms with Crippen LogP contribution in [0.4, 0.5) is 23.0 Å². The smallest absolute Gasteiger partial charge is 0.235 e. The first-order valence-electron chi connectivity index (χ1n) is 11.1. The van der Waals surface area contributed by atoms with Crippen molar-refractivity contribution in [2.75, 3.05) is 17.3 Å². The van der Waals surface area contributed by atoms with Crippen LogP contribution in [0.5, 0.6) is 0 Å². The molecule has 5 aromatic rings. The standard InChI is InChI=1S/C29H26N4/c1-20-10-9-11-21(2)28(20)33(24-12-5-4-6-13-24)29-31-26-15-8-7-14-25(26)27(32-29)22-16-18-23(30-3)19-17-22/h4-19,30H,1-3H3. The van der Waals surface area contributed by atoms with Crippen molar-refractivity contribution in [2.24, 2.45) is 0 Å². The highest BCUT2D eigenvalue weighted by molar-refractivity contribution is 5.94. The molecule has 1 N–H and O–H groups in total. The van der Waals surface area contributed by atoms with Crippen molar-refractivity contribution >= 4 is 33.9 Å². The van der Waals surface area contributed by atoms with Gasteiger partial charge in [-0.2, -0.15) is 0 Å². The van der Waals surface area contributed by atoms with Gasteiger partial charge in [-0.3, -0.25) is 4.90 Å². The van der Waals surface area contributed by atoms with Gasteiger partial charge < -0.3 is 5.32 Å². The number of benzene rings is 4. The minimum atomic E-state index is 0.657. The molecule has 0 saturated carbocycles. The molecular weight excluding hydrogens is 404 g/mol. The summed E-state index contributed by atoms with van der Waals surface area (Å²) in [6.07, 6.45) is 0. The van der Waals surface area contributed by atoms with Crippen LogP contribution in [-0.2, 0) is 0 Å². The van der Waals surface area contributed by atoms with Gasteiger partial charge in [-0.25, -0.2) is 9.97 Å². The summed E-state index contributed by atoms with van der Waals surface area (Å²) in [5, 5.41) is 4.22. The molecule has 0 saturated heterocycles. The van der Waals surface area contributed by atoms with E-state index in [1.807, 2.05) is 37.4 Å². The number of para-hydroxylation sites is 3. The number of nitrogens with one attached hydrogen (secondary N) is 1. The van der Waals surface area contributed by atoms with Crippen molar-refractivity contribution in [3.63, 3.8) is 0 Å². The van der Waals surface area contributed by atoms with E-state index in [4.69, 9.17) is 9.97 Å². The molecule has 0 amide bonds. The Kier molecular flexibility index (Phi) is 5.49. The molecule has 5 rings (SSSR count). The molecule has 0 aliphatic carbocycles. The number of hydrogen-bond acceptors (Lipinski definition) is 4. The molecule has 0 aliphatic rings. The van der Waals surface area contributed by atoms with Gasteiger partial charge in [-0.05, 0) is 55.3 Å². The Morgan fingerprint density at radius 3 is 2.03 bits per heavy atom. The second-order valence-corrected chi connectivity index (χ2v) is 8.13. The predicted octanol–water partition coefficient (Wildman–Crippen LogP) is 7.43. The van der Waals surface area contributed by atoms with E-state index in [9.17, 15) is 0 Å². The molecule has 0 fully saturated rings. The van der Waals surface area contributed by atoms with Gasteiger partial charge in [0.15, 0.2) is 0 Å². The summed E-state index contributed by atoms with van der Waals surface area (Å²) in [4.78, 5) is 12.4. The Bertz CT molecular complexity index is 1390. The number of aromatic nitrogens is 2. The molecule has 0 unspecified atom stereocenters. The van der Waals surface area contributed by atoms with Crippen molar-refractivity contribution in [1.82, 2.24) is 9.97 Å². The first-order chi connectivity index (χ1) is 16.2. The number of anilines is 4. The Morgan fingerprint density at radius 2 is 1.33 bits per heavy atom. The highest BCUT2D eigenvalue weighted by atomic mass is 15.3. The van der Waals surface area contributed by atoms with Gasteiger partial charge in [-0.1, -0.05) is 66.7 Å². The zero-order chi connectivity index (χ0) is 22.8. The Balaban J connectivity index is 1.79. The Morgan fingerprint density at radius 1 is 0.667 bits per heavy atom. The van der Waals surface area contributed by atoms with Gasteiger partial charge in [0.25, 0.3) is 0 Å². The summed E-state index contributed by atoms with van der Waals surface area (Å²) in [5.74, 6) is 0.657. The number of nitrogens with zero attached hydrogens (tertiary/aromatic N) is 3. The Hall–Kier alpha value is -4.18. The van der Waals surface area contributed by atoms with E-state index in [1.54, 1.807) is 0 Å². The predicted molar refractivity (Wildman–Crippen MR) is 139 cm³/mol. The lowest BCUT2D eigenvalue weighted by Gasteiger charge is -2.27. The molecule has 0 atom stereocenters. The molecule has 1 heterocycles. The minimum absolute atomic E-state index is 0.657. The number of hydrogen-bond donors (Lipinski definition) is 1. The monoisotopic (exact) mass is 430 g/mol.